The molecule has 0 heterocycles. The Morgan fingerprint density at radius 1 is 1.35 bits per heavy atom. The minimum absolute atomic E-state index is 0. The maximum Gasteiger partial charge on any atom is 0.323 e. The predicted molar refractivity (Wildman–Crippen MR) is 64.5 cm³/mol. The molecule has 0 amide bonds. The second kappa shape index (κ2) is 6.55. The minimum atomic E-state index is -3.83. The molecule has 0 aliphatic heterocycles. The van der Waals surface area contributed by atoms with Gasteiger partial charge in [-0.1, -0.05) is 18.2 Å². The molecular weight excluding hydrogens is 268 g/mol. The normalized spacial score (nSPS) is 12.5. The summed E-state index contributed by atoms with van der Waals surface area (Å²) in [5, 5.41) is 8.68. The summed E-state index contributed by atoms with van der Waals surface area (Å²) >= 11 is 0. The number of halogens is 1. The lowest BCUT2D eigenvalue weighted by Crippen LogP contribution is -2.45. The van der Waals surface area contributed by atoms with E-state index in [4.69, 9.17) is 10.8 Å². The topological polar surface area (TPSA) is 109 Å². The largest absolute Gasteiger partial charge is 0.480 e. The van der Waals surface area contributed by atoms with Gasteiger partial charge in [0.25, 0.3) is 0 Å². The zero-order chi connectivity index (χ0) is 12.2. The van der Waals surface area contributed by atoms with Gasteiger partial charge in [-0.15, -0.1) is 12.4 Å². The third-order valence-corrected chi connectivity index (χ3v) is 3.37. The summed E-state index contributed by atoms with van der Waals surface area (Å²) in [7, 11) is -3.83. The second-order valence-electron chi connectivity index (χ2n) is 3.06. The van der Waals surface area contributed by atoms with Crippen LogP contribution in [0.25, 0.3) is 0 Å². The van der Waals surface area contributed by atoms with Crippen LogP contribution in [0.15, 0.2) is 35.2 Å². The van der Waals surface area contributed by atoms with Gasteiger partial charge in [0.05, 0.1) is 4.90 Å². The molecule has 1 aromatic carbocycles. The quantitative estimate of drug-likeness (QED) is 0.692. The summed E-state index contributed by atoms with van der Waals surface area (Å²) in [6.45, 7) is -0.304. The molecule has 1 rings (SSSR count). The van der Waals surface area contributed by atoms with Crippen LogP contribution < -0.4 is 10.5 Å². The Kier molecular flexibility index (Phi) is 6.11. The fourth-order valence-corrected chi connectivity index (χ4v) is 2.28. The van der Waals surface area contributed by atoms with Crippen molar-refractivity contribution in [3.63, 3.8) is 0 Å². The van der Waals surface area contributed by atoms with Crippen LogP contribution >= 0.6 is 12.4 Å². The standard InChI is InChI=1S/C9H12N2O4S.ClH/c10-6-8(9(12)13)11-16(14,15)7-4-2-1-3-5-7;/h1-5,8,11H,6,10H2,(H,12,13);1H. The fraction of sp³-hybridized carbons (Fsp3) is 0.222. The number of carboxylic acid groups (broad SMARTS) is 1. The molecule has 0 aliphatic rings. The zero-order valence-corrected chi connectivity index (χ0v) is 10.4. The van der Waals surface area contributed by atoms with Gasteiger partial charge in [-0.3, -0.25) is 4.79 Å². The lowest BCUT2D eigenvalue weighted by molar-refractivity contribution is -0.138. The Bertz CT molecular complexity index is 463. The Labute approximate surface area is 105 Å². The van der Waals surface area contributed by atoms with Gasteiger partial charge < -0.3 is 10.8 Å². The first-order valence-corrected chi connectivity index (χ1v) is 5.96. The first kappa shape index (κ1) is 15.9. The van der Waals surface area contributed by atoms with Crippen molar-refractivity contribution in [2.75, 3.05) is 6.54 Å². The van der Waals surface area contributed by atoms with Crippen molar-refractivity contribution in [2.24, 2.45) is 5.73 Å². The van der Waals surface area contributed by atoms with E-state index >= 15 is 0 Å². The fourth-order valence-electron chi connectivity index (χ4n) is 1.05. The second-order valence-corrected chi connectivity index (χ2v) is 4.77. The van der Waals surface area contributed by atoms with Gasteiger partial charge in [-0.2, -0.15) is 4.72 Å². The summed E-state index contributed by atoms with van der Waals surface area (Å²) in [6, 6.07) is 6.19. The number of hydrogen-bond acceptors (Lipinski definition) is 4. The van der Waals surface area contributed by atoms with E-state index < -0.39 is 22.0 Å². The molecule has 0 fully saturated rings. The molecule has 0 spiro atoms. The monoisotopic (exact) mass is 280 g/mol. The average molecular weight is 281 g/mol. The number of rotatable bonds is 5. The molecule has 96 valence electrons. The van der Waals surface area contributed by atoms with Crippen LogP contribution in [0.3, 0.4) is 0 Å². The van der Waals surface area contributed by atoms with Crippen molar-refractivity contribution < 1.29 is 18.3 Å². The maximum atomic E-state index is 11.7. The van der Waals surface area contributed by atoms with E-state index in [0.717, 1.165) is 0 Å². The Balaban J connectivity index is 0.00000256. The third-order valence-electron chi connectivity index (χ3n) is 1.88. The van der Waals surface area contributed by atoms with Gasteiger partial charge in [-0.25, -0.2) is 8.42 Å². The number of carbonyl (C=O) groups is 1. The number of nitrogens with two attached hydrogens (primary N) is 1. The Morgan fingerprint density at radius 2 is 1.88 bits per heavy atom. The molecule has 1 atom stereocenters. The molecule has 1 unspecified atom stereocenters. The lowest BCUT2D eigenvalue weighted by Gasteiger charge is -2.12. The first-order chi connectivity index (χ1) is 7.47. The number of aliphatic carboxylic acids is 1. The Hall–Kier alpha value is -1.15. The number of nitrogens with one attached hydrogen (secondary N) is 1. The van der Waals surface area contributed by atoms with Crippen molar-refractivity contribution in [3.05, 3.63) is 30.3 Å². The van der Waals surface area contributed by atoms with Crippen molar-refractivity contribution in [3.8, 4) is 0 Å². The van der Waals surface area contributed by atoms with Crippen LogP contribution in [0.4, 0.5) is 0 Å². The molecule has 1 aromatic rings. The highest BCUT2D eigenvalue weighted by molar-refractivity contribution is 7.89. The van der Waals surface area contributed by atoms with E-state index in [1.165, 1.54) is 12.1 Å². The molecule has 0 saturated carbocycles. The molecule has 0 saturated heterocycles. The van der Waals surface area contributed by atoms with E-state index in [1.54, 1.807) is 18.2 Å². The van der Waals surface area contributed by atoms with Crippen LogP contribution in [0.1, 0.15) is 0 Å². The van der Waals surface area contributed by atoms with E-state index in [-0.39, 0.29) is 23.8 Å². The predicted octanol–water partition coefficient (Wildman–Crippen LogP) is -0.201. The average Bonchev–Trinajstić information content (AvgIpc) is 2.27. The summed E-state index contributed by atoms with van der Waals surface area (Å²) in [5.41, 5.74) is 5.15. The summed E-state index contributed by atoms with van der Waals surface area (Å²) in [6.07, 6.45) is 0. The highest BCUT2D eigenvalue weighted by atomic mass is 35.5. The molecule has 6 nitrogen and oxygen atoms in total. The van der Waals surface area contributed by atoms with Crippen LogP contribution in [-0.4, -0.2) is 32.1 Å². The van der Waals surface area contributed by atoms with Crippen LogP contribution in [-0.2, 0) is 14.8 Å². The highest BCUT2D eigenvalue weighted by Gasteiger charge is 2.23. The maximum absolute atomic E-state index is 11.7. The SMILES string of the molecule is Cl.NCC(NS(=O)(=O)c1ccccc1)C(=O)O. The smallest absolute Gasteiger partial charge is 0.323 e. The van der Waals surface area contributed by atoms with Crippen molar-refractivity contribution in [1.82, 2.24) is 4.72 Å². The van der Waals surface area contributed by atoms with Crippen LogP contribution in [0.2, 0.25) is 0 Å². The third kappa shape index (κ3) is 4.31. The number of benzene rings is 1. The summed E-state index contributed by atoms with van der Waals surface area (Å²) in [4.78, 5) is 10.6. The summed E-state index contributed by atoms with van der Waals surface area (Å²) in [5.74, 6) is -1.30. The highest BCUT2D eigenvalue weighted by Crippen LogP contribution is 2.07. The van der Waals surface area contributed by atoms with Gasteiger partial charge in [0, 0.05) is 6.54 Å². The van der Waals surface area contributed by atoms with Crippen LogP contribution in [0.5, 0.6) is 0 Å². The Morgan fingerprint density at radius 3 is 2.29 bits per heavy atom. The molecule has 0 aliphatic carbocycles. The first-order valence-electron chi connectivity index (χ1n) is 4.47. The molecule has 4 N–H and O–H groups in total. The van der Waals surface area contributed by atoms with E-state index in [2.05, 4.69) is 0 Å². The van der Waals surface area contributed by atoms with E-state index in [0.29, 0.717) is 0 Å². The van der Waals surface area contributed by atoms with Crippen molar-refractivity contribution >= 4 is 28.4 Å². The van der Waals surface area contributed by atoms with Gasteiger partial charge in [0.15, 0.2) is 0 Å². The molecule has 0 radical (unpaired) electrons. The molecular formula is C9H13ClN2O4S. The zero-order valence-electron chi connectivity index (χ0n) is 8.74. The number of sulfonamides is 1. The number of hydrogen-bond donors (Lipinski definition) is 3. The molecule has 0 aromatic heterocycles. The molecule has 8 heteroatoms. The lowest BCUT2D eigenvalue weighted by atomic mass is 10.3. The number of carboxylic acids is 1. The molecule has 17 heavy (non-hydrogen) atoms. The van der Waals surface area contributed by atoms with E-state index in [1.807, 2.05) is 4.72 Å². The van der Waals surface area contributed by atoms with Crippen LogP contribution in [0, 0.1) is 0 Å². The van der Waals surface area contributed by atoms with E-state index in [9.17, 15) is 13.2 Å². The van der Waals surface area contributed by atoms with Gasteiger partial charge in [0.1, 0.15) is 6.04 Å². The minimum Gasteiger partial charge on any atom is -0.480 e. The van der Waals surface area contributed by atoms with Crippen molar-refractivity contribution in [1.29, 1.82) is 0 Å². The van der Waals surface area contributed by atoms with Gasteiger partial charge in [-0.05, 0) is 12.1 Å². The van der Waals surface area contributed by atoms with Crippen molar-refractivity contribution in [2.45, 2.75) is 10.9 Å². The van der Waals surface area contributed by atoms with Gasteiger partial charge in [0.2, 0.25) is 10.0 Å². The molecule has 0 bridgehead atoms. The summed E-state index contributed by atoms with van der Waals surface area (Å²) < 4.78 is 25.4. The van der Waals surface area contributed by atoms with Gasteiger partial charge >= 0.3 is 5.97 Å².